The van der Waals surface area contributed by atoms with E-state index in [4.69, 9.17) is 0 Å². The number of carbonyl (C=O) groups excluding carboxylic acids is 2. The molecule has 4 fully saturated rings. The molecule has 0 radical (unpaired) electrons. The predicted molar refractivity (Wildman–Crippen MR) is 106 cm³/mol. The van der Waals surface area contributed by atoms with Crippen molar-refractivity contribution in [3.05, 3.63) is 0 Å². The summed E-state index contributed by atoms with van der Waals surface area (Å²) in [7, 11) is 0. The van der Waals surface area contributed by atoms with Gasteiger partial charge in [0.15, 0.2) is 5.78 Å². The van der Waals surface area contributed by atoms with E-state index in [0.29, 0.717) is 12.8 Å². The van der Waals surface area contributed by atoms with E-state index >= 15 is 0 Å². The van der Waals surface area contributed by atoms with Gasteiger partial charge in [-0.25, -0.2) is 0 Å². The molecular weight excluding hydrogens is 408 g/mol. The second kappa shape index (κ2) is 6.12. The van der Waals surface area contributed by atoms with Crippen LogP contribution in [-0.2, 0) is 9.59 Å². The average Bonchev–Trinajstić information content (AvgIpc) is 2.87. The van der Waals surface area contributed by atoms with Gasteiger partial charge in [0.25, 0.3) is 0 Å². The molecule has 0 heterocycles. The molecule has 5 heteroatoms. The minimum Gasteiger partial charge on any atom is -0.393 e. The van der Waals surface area contributed by atoms with Crippen LogP contribution in [0.1, 0.15) is 72.1 Å². The average molecular weight is 441 g/mol. The van der Waals surface area contributed by atoms with E-state index in [1.807, 2.05) is 6.92 Å². The maximum atomic E-state index is 13.6. The van der Waals surface area contributed by atoms with Crippen LogP contribution in [0.3, 0.4) is 0 Å². The molecule has 4 rings (SSSR count). The summed E-state index contributed by atoms with van der Waals surface area (Å²) in [5.74, 6) is 0.545. The Bertz CT molecular complexity index is 679. The first kappa shape index (κ1) is 20.0. The molecule has 152 valence electrons. The highest BCUT2D eigenvalue weighted by atomic mass is 79.9. The highest BCUT2D eigenvalue weighted by molar-refractivity contribution is 9.09. The van der Waals surface area contributed by atoms with Crippen molar-refractivity contribution in [2.75, 3.05) is 5.33 Å². The Kier molecular flexibility index (Phi) is 4.54. The van der Waals surface area contributed by atoms with Gasteiger partial charge in [0.2, 0.25) is 0 Å². The van der Waals surface area contributed by atoms with Crippen LogP contribution < -0.4 is 0 Å². The number of Topliss-reactive ketones (excluding diaryl/α,β-unsaturated/α-hetero) is 2. The van der Waals surface area contributed by atoms with Crippen LogP contribution in [0.5, 0.6) is 0 Å². The SMILES string of the molecule is C[C@@]12CC[C@H]3[C@H](C(=O)C[C@]4(C)[C@H]3CC[C@]4(O)C(=O)CBr)[C@]1(C)CC[C@H](O)C2. The number of fused-ring (bicyclic) bond motifs is 5. The summed E-state index contributed by atoms with van der Waals surface area (Å²) < 4.78 is 0. The number of ketones is 2. The van der Waals surface area contributed by atoms with Crippen molar-refractivity contribution in [2.24, 2.45) is 34.0 Å². The molecule has 0 aliphatic heterocycles. The lowest BCUT2D eigenvalue weighted by atomic mass is 9.40. The Labute approximate surface area is 170 Å². The molecule has 8 atom stereocenters. The fraction of sp³-hybridized carbons (Fsp3) is 0.909. The Morgan fingerprint density at radius 2 is 1.81 bits per heavy atom. The zero-order chi connectivity index (χ0) is 19.8. The number of aliphatic hydroxyl groups excluding tert-OH is 1. The Morgan fingerprint density at radius 1 is 1.11 bits per heavy atom. The molecular formula is C22H33BrO4. The maximum absolute atomic E-state index is 13.6. The second-order valence-electron chi connectivity index (χ2n) is 10.7. The van der Waals surface area contributed by atoms with Crippen molar-refractivity contribution in [3.63, 3.8) is 0 Å². The smallest absolute Gasteiger partial charge is 0.175 e. The molecule has 0 bridgehead atoms. The van der Waals surface area contributed by atoms with Gasteiger partial charge in [0, 0.05) is 17.8 Å². The third kappa shape index (κ3) is 2.40. The Morgan fingerprint density at radius 3 is 2.48 bits per heavy atom. The number of hydrogen-bond donors (Lipinski definition) is 2. The summed E-state index contributed by atoms with van der Waals surface area (Å²) in [4.78, 5) is 26.2. The lowest BCUT2D eigenvalue weighted by Gasteiger charge is -2.64. The molecule has 0 aromatic carbocycles. The summed E-state index contributed by atoms with van der Waals surface area (Å²) >= 11 is 3.23. The summed E-state index contributed by atoms with van der Waals surface area (Å²) in [6.07, 6.45) is 5.80. The van der Waals surface area contributed by atoms with Crippen molar-refractivity contribution < 1.29 is 19.8 Å². The van der Waals surface area contributed by atoms with Crippen LogP contribution in [0.4, 0.5) is 0 Å². The normalized spacial score (nSPS) is 54.8. The topological polar surface area (TPSA) is 74.6 Å². The molecule has 0 unspecified atom stereocenters. The third-order valence-electron chi connectivity index (χ3n) is 9.77. The van der Waals surface area contributed by atoms with Crippen molar-refractivity contribution in [1.29, 1.82) is 0 Å². The molecule has 27 heavy (non-hydrogen) atoms. The van der Waals surface area contributed by atoms with Gasteiger partial charge >= 0.3 is 0 Å². The molecule has 4 aliphatic carbocycles. The number of rotatable bonds is 2. The Balaban J connectivity index is 1.73. The number of hydrogen-bond acceptors (Lipinski definition) is 4. The largest absolute Gasteiger partial charge is 0.393 e. The first-order chi connectivity index (χ1) is 12.5. The molecule has 4 saturated carbocycles. The van der Waals surface area contributed by atoms with Gasteiger partial charge in [-0.15, -0.1) is 0 Å². The highest BCUT2D eigenvalue weighted by Gasteiger charge is 2.70. The Hall–Kier alpha value is -0.260. The molecule has 0 saturated heterocycles. The zero-order valence-corrected chi connectivity index (χ0v) is 18.3. The molecule has 4 nitrogen and oxygen atoms in total. The quantitative estimate of drug-likeness (QED) is 0.642. The summed E-state index contributed by atoms with van der Waals surface area (Å²) in [6, 6.07) is 0. The van der Waals surface area contributed by atoms with Crippen LogP contribution in [0, 0.1) is 34.0 Å². The molecule has 2 N–H and O–H groups in total. The maximum Gasteiger partial charge on any atom is 0.175 e. The number of carbonyl (C=O) groups is 2. The molecule has 4 aliphatic rings. The monoisotopic (exact) mass is 440 g/mol. The van der Waals surface area contributed by atoms with E-state index < -0.39 is 11.0 Å². The van der Waals surface area contributed by atoms with Crippen molar-refractivity contribution in [3.8, 4) is 0 Å². The third-order valence-corrected chi connectivity index (χ3v) is 10.3. The highest BCUT2D eigenvalue weighted by Crippen LogP contribution is 2.70. The fourth-order valence-electron chi connectivity index (χ4n) is 7.97. The second-order valence-corrected chi connectivity index (χ2v) is 11.2. The molecule has 0 amide bonds. The van der Waals surface area contributed by atoms with Crippen molar-refractivity contribution in [2.45, 2.75) is 83.8 Å². The van der Waals surface area contributed by atoms with E-state index in [2.05, 4.69) is 29.8 Å². The minimum absolute atomic E-state index is 0.00301. The molecule has 0 spiro atoms. The van der Waals surface area contributed by atoms with E-state index in [-0.39, 0.29) is 51.6 Å². The van der Waals surface area contributed by atoms with Crippen LogP contribution in [0.15, 0.2) is 0 Å². The van der Waals surface area contributed by atoms with Crippen LogP contribution >= 0.6 is 15.9 Å². The standard InChI is InChI=1S/C22H33BrO4/c1-19-7-5-14-15-6-9-22(27,17(26)12-23)21(15,3)11-16(25)18(14)20(19,2)8-4-13(24)10-19/h13-15,18,24,27H,4-12H2,1-3H3/t13-,14+,15-,18+,19-,20-,21+,22-/m0/s1. The van der Waals surface area contributed by atoms with E-state index in [1.165, 1.54) is 0 Å². The van der Waals surface area contributed by atoms with Crippen LogP contribution in [-0.4, -0.2) is 38.8 Å². The zero-order valence-electron chi connectivity index (χ0n) is 16.8. The first-order valence-corrected chi connectivity index (χ1v) is 11.7. The van der Waals surface area contributed by atoms with Crippen LogP contribution in [0.2, 0.25) is 0 Å². The number of halogens is 1. The van der Waals surface area contributed by atoms with Gasteiger partial charge in [-0.2, -0.15) is 0 Å². The summed E-state index contributed by atoms with van der Waals surface area (Å²) in [5.41, 5.74) is -2.12. The summed E-state index contributed by atoms with van der Waals surface area (Å²) in [6.45, 7) is 6.53. The molecule has 0 aromatic rings. The van der Waals surface area contributed by atoms with Gasteiger partial charge in [-0.1, -0.05) is 36.7 Å². The number of aliphatic hydroxyl groups is 2. The van der Waals surface area contributed by atoms with Gasteiger partial charge in [-0.05, 0) is 67.6 Å². The first-order valence-electron chi connectivity index (χ1n) is 10.5. The molecule has 0 aromatic heterocycles. The van der Waals surface area contributed by atoms with E-state index in [0.717, 1.165) is 38.5 Å². The van der Waals surface area contributed by atoms with Gasteiger partial charge in [-0.3, -0.25) is 9.59 Å². The van der Waals surface area contributed by atoms with Crippen LogP contribution in [0.25, 0.3) is 0 Å². The van der Waals surface area contributed by atoms with Crippen molar-refractivity contribution in [1.82, 2.24) is 0 Å². The van der Waals surface area contributed by atoms with Gasteiger partial charge in [0.1, 0.15) is 11.4 Å². The summed E-state index contributed by atoms with van der Waals surface area (Å²) in [5, 5.41) is 21.8. The van der Waals surface area contributed by atoms with E-state index in [1.54, 1.807) is 0 Å². The van der Waals surface area contributed by atoms with Gasteiger partial charge in [0.05, 0.1) is 11.4 Å². The number of alkyl halides is 1. The minimum atomic E-state index is -1.38. The predicted octanol–water partition coefficient (Wildman–Crippen LogP) is 3.65. The van der Waals surface area contributed by atoms with E-state index in [9.17, 15) is 19.8 Å². The fourth-order valence-corrected chi connectivity index (χ4v) is 8.44. The van der Waals surface area contributed by atoms with Gasteiger partial charge < -0.3 is 10.2 Å². The lowest BCUT2D eigenvalue weighted by Crippen LogP contribution is -2.64. The van der Waals surface area contributed by atoms with Crippen molar-refractivity contribution >= 4 is 27.5 Å². The lowest BCUT2D eigenvalue weighted by molar-refractivity contribution is -0.191.